The molecule has 1 aliphatic rings. The van der Waals surface area contributed by atoms with E-state index in [4.69, 9.17) is 0 Å². The van der Waals surface area contributed by atoms with Gasteiger partial charge in [-0.15, -0.1) is 0 Å². The predicted octanol–water partition coefficient (Wildman–Crippen LogP) is 2.69. The fourth-order valence-corrected chi connectivity index (χ4v) is 3.63. The van der Waals surface area contributed by atoms with Crippen molar-refractivity contribution < 1.29 is 13.0 Å². The lowest BCUT2D eigenvalue weighted by molar-refractivity contribution is 0.484. The molecule has 0 aromatic heterocycles. The molecule has 4 nitrogen and oxygen atoms in total. The van der Waals surface area contributed by atoms with Crippen LogP contribution in [-0.2, 0) is 10.1 Å². The second-order valence-electron chi connectivity index (χ2n) is 4.80. The molecule has 0 amide bonds. The van der Waals surface area contributed by atoms with Crippen molar-refractivity contribution in [2.24, 2.45) is 0 Å². The average Bonchev–Trinajstić information content (AvgIpc) is 2.90. The van der Waals surface area contributed by atoms with Gasteiger partial charge in [-0.25, -0.2) is 0 Å². The normalized spacial score (nSPS) is 16.2. The fraction of sp³-hybridized carbons (Fsp3) is 0.286. The van der Waals surface area contributed by atoms with E-state index in [0.717, 1.165) is 31.3 Å². The number of anilines is 1. The summed E-state index contributed by atoms with van der Waals surface area (Å²) in [6.07, 6.45) is 2.11. The summed E-state index contributed by atoms with van der Waals surface area (Å²) in [4.78, 5) is 2.06. The van der Waals surface area contributed by atoms with Crippen LogP contribution in [0.15, 0.2) is 41.3 Å². The Morgan fingerprint density at radius 3 is 2.37 bits per heavy atom. The molecule has 0 aliphatic carbocycles. The van der Waals surface area contributed by atoms with Gasteiger partial charge in [0.2, 0.25) is 0 Å². The molecule has 2 aromatic carbocycles. The van der Waals surface area contributed by atoms with Crippen molar-refractivity contribution in [3.63, 3.8) is 0 Å². The molecule has 5 heteroatoms. The first-order valence-corrected chi connectivity index (χ1v) is 7.75. The summed E-state index contributed by atoms with van der Waals surface area (Å²) < 4.78 is 33.1. The molecule has 3 rings (SSSR count). The van der Waals surface area contributed by atoms with Gasteiger partial charge < -0.3 is 4.90 Å². The Balaban J connectivity index is 2.32. The molecule has 2 aromatic rings. The number of fused-ring (bicyclic) bond motifs is 1. The van der Waals surface area contributed by atoms with Gasteiger partial charge in [-0.1, -0.05) is 30.3 Å². The second-order valence-corrected chi connectivity index (χ2v) is 6.16. The minimum Gasteiger partial charge on any atom is -0.370 e. The van der Waals surface area contributed by atoms with Crippen molar-refractivity contribution in [1.82, 2.24) is 0 Å². The Morgan fingerprint density at radius 2 is 1.68 bits per heavy atom. The summed E-state index contributed by atoms with van der Waals surface area (Å²) in [5.41, 5.74) is 0.610. The van der Waals surface area contributed by atoms with Gasteiger partial charge in [-0.2, -0.15) is 8.42 Å². The summed E-state index contributed by atoms with van der Waals surface area (Å²) >= 11 is 0. The van der Waals surface area contributed by atoms with Crippen LogP contribution >= 0.6 is 0 Å². The summed E-state index contributed by atoms with van der Waals surface area (Å²) in [6.45, 7) is 1.67. The van der Waals surface area contributed by atoms with Crippen molar-refractivity contribution in [2.45, 2.75) is 17.7 Å². The molecule has 0 bridgehead atoms. The maximum atomic E-state index is 11.8. The van der Waals surface area contributed by atoms with Crippen LogP contribution in [0.1, 0.15) is 12.8 Å². The van der Waals surface area contributed by atoms with E-state index < -0.39 is 10.1 Å². The van der Waals surface area contributed by atoms with Crippen LogP contribution in [0.3, 0.4) is 0 Å². The van der Waals surface area contributed by atoms with Crippen LogP contribution in [0.25, 0.3) is 10.8 Å². The molecular weight excluding hydrogens is 262 g/mol. The molecule has 1 saturated heterocycles. The zero-order chi connectivity index (χ0) is 13.5. The van der Waals surface area contributed by atoms with Gasteiger partial charge in [0.25, 0.3) is 10.1 Å². The highest BCUT2D eigenvalue weighted by atomic mass is 32.2. The zero-order valence-corrected chi connectivity index (χ0v) is 11.2. The molecule has 0 saturated carbocycles. The van der Waals surface area contributed by atoms with Crippen LogP contribution in [-0.4, -0.2) is 26.1 Å². The highest BCUT2D eigenvalue weighted by Crippen LogP contribution is 2.34. The number of benzene rings is 2. The summed E-state index contributed by atoms with van der Waals surface area (Å²) in [5, 5.41) is 1.40. The first-order valence-electron chi connectivity index (χ1n) is 6.31. The lowest BCUT2D eigenvalue weighted by Crippen LogP contribution is -2.20. The van der Waals surface area contributed by atoms with E-state index in [1.54, 1.807) is 18.2 Å². The molecule has 0 atom stereocenters. The minimum absolute atomic E-state index is 0.0347. The summed E-state index contributed by atoms with van der Waals surface area (Å²) in [6, 6.07) is 10.9. The third-order valence-corrected chi connectivity index (χ3v) is 4.51. The number of nitrogens with zero attached hydrogens (tertiary/aromatic N) is 1. The molecule has 19 heavy (non-hydrogen) atoms. The third kappa shape index (κ3) is 2.19. The van der Waals surface area contributed by atoms with Gasteiger partial charge in [0.15, 0.2) is 0 Å². The zero-order valence-electron chi connectivity index (χ0n) is 10.4. The van der Waals surface area contributed by atoms with Gasteiger partial charge in [0, 0.05) is 18.5 Å². The maximum Gasteiger partial charge on any atom is 0.297 e. The largest absolute Gasteiger partial charge is 0.370 e. The Labute approximate surface area is 112 Å². The minimum atomic E-state index is -4.24. The lowest BCUT2D eigenvalue weighted by atomic mass is 10.1. The smallest absolute Gasteiger partial charge is 0.297 e. The maximum absolute atomic E-state index is 11.8. The predicted molar refractivity (Wildman–Crippen MR) is 75.2 cm³/mol. The number of rotatable bonds is 2. The third-order valence-electron chi connectivity index (χ3n) is 3.56. The first kappa shape index (κ1) is 12.4. The highest BCUT2D eigenvalue weighted by molar-refractivity contribution is 7.86. The number of hydrogen-bond donors (Lipinski definition) is 1. The van der Waals surface area contributed by atoms with E-state index in [1.807, 2.05) is 23.1 Å². The van der Waals surface area contributed by atoms with Crippen molar-refractivity contribution in [3.05, 3.63) is 36.4 Å². The first-order chi connectivity index (χ1) is 9.07. The number of hydrogen-bond acceptors (Lipinski definition) is 3. The Kier molecular flexibility index (Phi) is 2.95. The van der Waals surface area contributed by atoms with Crippen LogP contribution in [0.2, 0.25) is 0 Å². The van der Waals surface area contributed by atoms with Crippen molar-refractivity contribution in [2.75, 3.05) is 18.0 Å². The van der Waals surface area contributed by atoms with Crippen molar-refractivity contribution >= 4 is 26.6 Å². The molecule has 100 valence electrons. The molecule has 1 fully saturated rings. The van der Waals surface area contributed by atoms with E-state index in [1.165, 1.54) is 0 Å². The summed E-state index contributed by atoms with van der Waals surface area (Å²) in [7, 11) is -4.24. The van der Waals surface area contributed by atoms with Crippen LogP contribution < -0.4 is 4.90 Å². The van der Waals surface area contributed by atoms with Crippen LogP contribution in [0.5, 0.6) is 0 Å². The van der Waals surface area contributed by atoms with Gasteiger partial charge in [-0.3, -0.25) is 4.55 Å². The van der Waals surface area contributed by atoms with Crippen molar-refractivity contribution in [3.8, 4) is 0 Å². The van der Waals surface area contributed by atoms with Gasteiger partial charge in [0.05, 0.1) is 5.69 Å². The lowest BCUT2D eigenvalue weighted by Gasteiger charge is -2.21. The molecule has 0 radical (unpaired) electrons. The second kappa shape index (κ2) is 4.51. The van der Waals surface area contributed by atoms with E-state index in [-0.39, 0.29) is 4.90 Å². The molecule has 1 heterocycles. The molecule has 1 aliphatic heterocycles. The standard InChI is InChI=1S/C14H15NO3S/c16-19(17,18)14-12-6-2-1-5-11(12)7-8-13(14)15-9-3-4-10-15/h1-2,5-8H,3-4,9-10H2,(H,16,17,18). The van der Waals surface area contributed by atoms with E-state index in [9.17, 15) is 13.0 Å². The average molecular weight is 277 g/mol. The Hall–Kier alpha value is -1.59. The molecule has 1 N–H and O–H groups in total. The van der Waals surface area contributed by atoms with E-state index in [2.05, 4.69) is 0 Å². The van der Waals surface area contributed by atoms with Crippen LogP contribution in [0, 0.1) is 0 Å². The van der Waals surface area contributed by atoms with Gasteiger partial charge in [0.1, 0.15) is 4.90 Å². The van der Waals surface area contributed by atoms with Crippen LogP contribution in [0.4, 0.5) is 5.69 Å². The highest BCUT2D eigenvalue weighted by Gasteiger charge is 2.24. The fourth-order valence-electron chi connectivity index (χ4n) is 2.71. The van der Waals surface area contributed by atoms with Gasteiger partial charge in [-0.05, 0) is 24.3 Å². The van der Waals surface area contributed by atoms with Gasteiger partial charge >= 0.3 is 0 Å². The summed E-state index contributed by atoms with van der Waals surface area (Å²) in [5.74, 6) is 0. The quantitative estimate of drug-likeness (QED) is 0.857. The molecule has 0 unspecified atom stereocenters. The molecular formula is C14H15NO3S. The van der Waals surface area contributed by atoms with E-state index >= 15 is 0 Å². The topological polar surface area (TPSA) is 57.6 Å². The Bertz CT molecular complexity index is 719. The Morgan fingerprint density at radius 1 is 1.00 bits per heavy atom. The van der Waals surface area contributed by atoms with Crippen molar-refractivity contribution in [1.29, 1.82) is 0 Å². The molecule has 0 spiro atoms. The monoisotopic (exact) mass is 277 g/mol. The SMILES string of the molecule is O=S(=O)(O)c1c(N2CCCC2)ccc2ccccc12. The van der Waals surface area contributed by atoms with E-state index in [0.29, 0.717) is 11.1 Å².